The number of hydrogen-bond donors (Lipinski definition) is 1. The van der Waals surface area contributed by atoms with Gasteiger partial charge >= 0.3 is 0 Å². The lowest BCUT2D eigenvalue weighted by Gasteiger charge is -1.89. The molecule has 0 aromatic rings. The third-order valence-corrected chi connectivity index (χ3v) is 0.608. The Morgan fingerprint density at radius 1 is 1.71 bits per heavy atom. The predicted molar refractivity (Wildman–Crippen MR) is 24.2 cm³/mol. The zero-order valence-electron chi connectivity index (χ0n) is 4.23. The van der Waals surface area contributed by atoms with E-state index in [-0.39, 0.29) is 18.9 Å². The molecule has 0 unspecified atom stereocenters. The van der Waals surface area contributed by atoms with Gasteiger partial charge in [-0.15, -0.1) is 0 Å². The summed E-state index contributed by atoms with van der Waals surface area (Å²) in [4.78, 5) is 10.1. The van der Waals surface area contributed by atoms with Crippen LogP contribution in [0.5, 0.6) is 0 Å². The third kappa shape index (κ3) is 3.26. The molecule has 1 amide bonds. The molecule has 0 fully saturated rings. The Morgan fingerprint density at radius 2 is 2.29 bits per heavy atom. The minimum absolute atomic E-state index is 0.0938. The Labute approximate surface area is 42.3 Å². The average Bonchev–Trinajstić information content (AvgIpc) is 1.68. The van der Waals surface area contributed by atoms with E-state index in [1.807, 2.05) is 0 Å². The van der Waals surface area contributed by atoms with Crippen molar-refractivity contribution in [1.29, 1.82) is 0 Å². The zero-order valence-corrected chi connectivity index (χ0v) is 4.23. The standard InChI is InChI=1S/C4H8NO2/c1-5-4(7)2-3-6/h2-3H2,1H3,(H,5,7). The van der Waals surface area contributed by atoms with Gasteiger partial charge in [0, 0.05) is 7.05 Å². The summed E-state index contributed by atoms with van der Waals surface area (Å²) in [6.07, 6.45) is 0.0938. The van der Waals surface area contributed by atoms with Crippen LogP contribution in [0.1, 0.15) is 6.42 Å². The highest BCUT2D eigenvalue weighted by Crippen LogP contribution is 1.71. The van der Waals surface area contributed by atoms with Crippen molar-refractivity contribution in [2.24, 2.45) is 0 Å². The zero-order chi connectivity index (χ0) is 5.70. The molecule has 0 aromatic carbocycles. The van der Waals surface area contributed by atoms with Crippen molar-refractivity contribution in [3.8, 4) is 0 Å². The maximum atomic E-state index is 10.1. The maximum absolute atomic E-state index is 10.1. The Hall–Kier alpha value is -0.570. The first-order valence-corrected chi connectivity index (χ1v) is 2.10. The molecule has 0 spiro atoms. The minimum Gasteiger partial charge on any atom is -0.359 e. The quantitative estimate of drug-likeness (QED) is 0.504. The van der Waals surface area contributed by atoms with Gasteiger partial charge in [-0.2, -0.15) is 0 Å². The molecule has 1 N–H and O–H groups in total. The molecule has 7 heavy (non-hydrogen) atoms. The van der Waals surface area contributed by atoms with Gasteiger partial charge in [0.15, 0.2) is 0 Å². The Kier molecular flexibility index (Phi) is 3.32. The monoisotopic (exact) mass is 102 g/mol. The maximum Gasteiger partial charge on any atom is 0.222 e. The van der Waals surface area contributed by atoms with Gasteiger partial charge < -0.3 is 5.32 Å². The molecule has 0 atom stereocenters. The Bertz CT molecular complexity index is 62.7. The predicted octanol–water partition coefficient (Wildman–Crippen LogP) is -0.447. The van der Waals surface area contributed by atoms with Crippen LogP contribution in [0, 0.1) is 0 Å². The van der Waals surface area contributed by atoms with Crippen LogP contribution < -0.4 is 5.32 Å². The van der Waals surface area contributed by atoms with Crippen molar-refractivity contribution in [3.63, 3.8) is 0 Å². The summed E-state index contributed by atoms with van der Waals surface area (Å²) in [5.41, 5.74) is 0. The fraction of sp³-hybridized carbons (Fsp3) is 0.750. The van der Waals surface area contributed by atoms with Crippen LogP contribution in [0.2, 0.25) is 0 Å². The normalized spacial score (nSPS) is 8.29. The highest BCUT2D eigenvalue weighted by molar-refractivity contribution is 5.75. The highest BCUT2D eigenvalue weighted by atomic mass is 16.3. The number of hydrogen-bond acceptors (Lipinski definition) is 1. The van der Waals surface area contributed by atoms with Gasteiger partial charge in [-0.3, -0.25) is 4.79 Å². The molecule has 3 heteroatoms. The van der Waals surface area contributed by atoms with Crippen molar-refractivity contribution in [2.75, 3.05) is 13.7 Å². The third-order valence-electron chi connectivity index (χ3n) is 0.608. The summed E-state index contributed by atoms with van der Waals surface area (Å²) in [5.74, 6) is -0.185. The van der Waals surface area contributed by atoms with E-state index in [4.69, 9.17) is 0 Å². The second-order valence-electron chi connectivity index (χ2n) is 1.13. The van der Waals surface area contributed by atoms with Crippen LogP contribution in [0.15, 0.2) is 0 Å². The molecule has 0 rings (SSSR count). The summed E-state index contributed by atoms with van der Waals surface area (Å²) in [6.45, 7) is -0.320. The van der Waals surface area contributed by atoms with Crippen molar-refractivity contribution in [2.45, 2.75) is 6.42 Å². The van der Waals surface area contributed by atoms with Gasteiger partial charge in [-0.05, 0) is 0 Å². The molecule has 0 heterocycles. The van der Waals surface area contributed by atoms with Crippen LogP contribution in [0.3, 0.4) is 0 Å². The number of carbonyl (C=O) groups excluding carboxylic acids is 1. The molecule has 0 bridgehead atoms. The fourth-order valence-corrected chi connectivity index (χ4v) is 0.218. The lowest BCUT2D eigenvalue weighted by Crippen LogP contribution is -2.17. The van der Waals surface area contributed by atoms with E-state index in [1.54, 1.807) is 0 Å². The summed E-state index contributed by atoms with van der Waals surface area (Å²) in [6, 6.07) is 0. The van der Waals surface area contributed by atoms with Gasteiger partial charge in [-0.1, -0.05) is 0 Å². The number of nitrogens with one attached hydrogen (secondary N) is 1. The molecule has 3 nitrogen and oxygen atoms in total. The lowest BCUT2D eigenvalue weighted by molar-refractivity contribution is -0.121. The average molecular weight is 102 g/mol. The molecule has 0 aliphatic heterocycles. The van der Waals surface area contributed by atoms with Crippen molar-refractivity contribution >= 4 is 5.91 Å². The van der Waals surface area contributed by atoms with Crippen molar-refractivity contribution in [1.82, 2.24) is 5.32 Å². The van der Waals surface area contributed by atoms with Gasteiger partial charge in [0.2, 0.25) is 5.91 Å². The summed E-state index contributed by atoms with van der Waals surface area (Å²) in [7, 11) is 1.51. The highest BCUT2D eigenvalue weighted by Gasteiger charge is 1.92. The van der Waals surface area contributed by atoms with Crippen molar-refractivity contribution < 1.29 is 9.90 Å². The van der Waals surface area contributed by atoms with Gasteiger partial charge in [0.25, 0.3) is 0 Å². The van der Waals surface area contributed by atoms with E-state index in [2.05, 4.69) is 5.32 Å². The summed E-state index contributed by atoms with van der Waals surface area (Å²) >= 11 is 0. The first kappa shape index (κ1) is 6.43. The van der Waals surface area contributed by atoms with E-state index in [1.165, 1.54) is 7.05 Å². The second-order valence-corrected chi connectivity index (χ2v) is 1.13. The second kappa shape index (κ2) is 3.61. The number of rotatable bonds is 2. The molecule has 0 aliphatic carbocycles. The van der Waals surface area contributed by atoms with E-state index in [9.17, 15) is 9.90 Å². The van der Waals surface area contributed by atoms with Crippen LogP contribution in [-0.2, 0) is 9.90 Å². The van der Waals surface area contributed by atoms with Gasteiger partial charge in [0.05, 0.1) is 13.0 Å². The van der Waals surface area contributed by atoms with Crippen LogP contribution >= 0.6 is 0 Å². The van der Waals surface area contributed by atoms with Gasteiger partial charge in [0.1, 0.15) is 0 Å². The molecule has 0 saturated heterocycles. The summed E-state index contributed by atoms with van der Waals surface area (Å²) < 4.78 is 0. The van der Waals surface area contributed by atoms with Crippen LogP contribution in [0.4, 0.5) is 0 Å². The largest absolute Gasteiger partial charge is 0.359 e. The van der Waals surface area contributed by atoms with Crippen LogP contribution in [-0.4, -0.2) is 19.6 Å². The molecule has 1 radical (unpaired) electrons. The molecule has 0 aliphatic rings. The topological polar surface area (TPSA) is 49.0 Å². The minimum atomic E-state index is -0.320. The molecule has 0 saturated carbocycles. The van der Waals surface area contributed by atoms with E-state index < -0.39 is 0 Å². The molecule has 0 aromatic heterocycles. The molecular weight excluding hydrogens is 94.0 g/mol. The Balaban J connectivity index is 3.00. The van der Waals surface area contributed by atoms with Crippen molar-refractivity contribution in [3.05, 3.63) is 0 Å². The fourth-order valence-electron chi connectivity index (χ4n) is 0.218. The number of amides is 1. The first-order chi connectivity index (χ1) is 3.31. The summed E-state index contributed by atoms with van der Waals surface area (Å²) in [5, 5.41) is 12.0. The van der Waals surface area contributed by atoms with E-state index in [0.717, 1.165) is 0 Å². The lowest BCUT2D eigenvalue weighted by atomic mass is 10.4. The SMILES string of the molecule is CNC(=O)CC[O]. The van der Waals surface area contributed by atoms with Crippen LogP contribution in [0.25, 0.3) is 0 Å². The van der Waals surface area contributed by atoms with E-state index >= 15 is 0 Å². The number of carbonyl (C=O) groups is 1. The Morgan fingerprint density at radius 3 is 2.43 bits per heavy atom. The van der Waals surface area contributed by atoms with E-state index in [0.29, 0.717) is 0 Å². The first-order valence-electron chi connectivity index (χ1n) is 2.10. The molecule has 41 valence electrons. The molecular formula is C4H8NO2. The van der Waals surface area contributed by atoms with Gasteiger partial charge in [-0.25, -0.2) is 5.11 Å². The smallest absolute Gasteiger partial charge is 0.222 e.